The molecule has 0 spiro atoms. The molecule has 9 nitrogen and oxygen atoms in total. The van der Waals surface area contributed by atoms with Gasteiger partial charge in [-0.05, 0) is 62.4 Å². The van der Waals surface area contributed by atoms with Crippen LogP contribution in [0.4, 0.5) is 22.7 Å². The lowest BCUT2D eigenvalue weighted by Gasteiger charge is -2.31. The van der Waals surface area contributed by atoms with E-state index in [4.69, 9.17) is 0 Å². The number of rotatable bonds is 8. The third kappa shape index (κ3) is 5.81. The predicted molar refractivity (Wildman–Crippen MR) is 130 cm³/mol. The van der Waals surface area contributed by atoms with Crippen molar-refractivity contribution in [3.8, 4) is 0 Å². The number of nitro benzene ring substituents is 1. The van der Waals surface area contributed by atoms with Gasteiger partial charge in [-0.3, -0.25) is 19.2 Å². The highest BCUT2D eigenvalue weighted by molar-refractivity contribution is 7.92. The van der Waals surface area contributed by atoms with Crippen LogP contribution in [0.15, 0.2) is 42.5 Å². The van der Waals surface area contributed by atoms with Crippen molar-refractivity contribution in [1.82, 2.24) is 0 Å². The molecule has 0 unspecified atom stereocenters. The number of hydrogen-bond acceptors (Lipinski definition) is 6. The lowest BCUT2D eigenvalue weighted by atomic mass is 10.1. The van der Waals surface area contributed by atoms with Crippen LogP contribution in [0.25, 0.3) is 0 Å². The summed E-state index contributed by atoms with van der Waals surface area (Å²) >= 11 is 0. The van der Waals surface area contributed by atoms with Crippen molar-refractivity contribution in [3.05, 3.63) is 58.1 Å². The summed E-state index contributed by atoms with van der Waals surface area (Å²) in [6.45, 7) is 5.38. The number of non-ortho nitro benzene ring substituents is 1. The number of benzene rings is 2. The molecule has 178 valence electrons. The van der Waals surface area contributed by atoms with Crippen LogP contribution in [0, 0.1) is 17.0 Å². The van der Waals surface area contributed by atoms with Crippen molar-refractivity contribution >= 4 is 38.7 Å². The van der Waals surface area contributed by atoms with E-state index in [1.807, 2.05) is 12.1 Å². The molecule has 1 heterocycles. The Morgan fingerprint density at radius 2 is 1.79 bits per heavy atom. The number of nitro groups is 1. The molecule has 1 saturated heterocycles. The monoisotopic (exact) mass is 474 g/mol. The van der Waals surface area contributed by atoms with Crippen molar-refractivity contribution in [2.24, 2.45) is 0 Å². The molecule has 0 radical (unpaired) electrons. The Kier molecular flexibility index (Phi) is 7.57. The largest absolute Gasteiger partial charge is 0.372 e. The molecular weight excluding hydrogens is 444 g/mol. The third-order valence-electron chi connectivity index (χ3n) is 5.83. The molecule has 1 atom stereocenters. The van der Waals surface area contributed by atoms with Gasteiger partial charge in [0.25, 0.3) is 5.69 Å². The number of nitrogens with zero attached hydrogens (tertiary/aromatic N) is 3. The van der Waals surface area contributed by atoms with Gasteiger partial charge in [-0.1, -0.05) is 13.0 Å². The van der Waals surface area contributed by atoms with Gasteiger partial charge in [-0.25, -0.2) is 8.42 Å². The Bertz CT molecular complexity index is 1110. The Labute approximate surface area is 194 Å². The Hall–Kier alpha value is -3.14. The van der Waals surface area contributed by atoms with Gasteiger partial charge in [0.2, 0.25) is 15.9 Å². The highest BCUT2D eigenvalue weighted by Crippen LogP contribution is 2.31. The van der Waals surface area contributed by atoms with Crippen LogP contribution >= 0.6 is 0 Å². The summed E-state index contributed by atoms with van der Waals surface area (Å²) in [6.07, 6.45) is 4.75. The molecule has 33 heavy (non-hydrogen) atoms. The standard InChI is InChI=1S/C23H30N4O5S/c1-4-21(26(33(3,31)32)22-16-20(27(29)30)11-8-17(22)2)23(28)24-18-9-12-19(13-10-18)25-14-6-5-7-15-25/h8-13,16,21H,4-7,14-15H2,1-3H3,(H,24,28)/t21-/m1/s1. The lowest BCUT2D eigenvalue weighted by molar-refractivity contribution is -0.384. The first-order valence-electron chi connectivity index (χ1n) is 11.0. The molecular formula is C23H30N4O5S. The number of hydrogen-bond donors (Lipinski definition) is 1. The topological polar surface area (TPSA) is 113 Å². The minimum atomic E-state index is -3.91. The summed E-state index contributed by atoms with van der Waals surface area (Å²) in [7, 11) is -3.91. The molecule has 2 aromatic carbocycles. The van der Waals surface area contributed by atoms with Crippen LogP contribution in [0.2, 0.25) is 0 Å². The predicted octanol–water partition coefficient (Wildman–Crippen LogP) is 4.08. The zero-order valence-electron chi connectivity index (χ0n) is 19.2. The van der Waals surface area contributed by atoms with Crippen LogP contribution in [0.3, 0.4) is 0 Å². The van der Waals surface area contributed by atoms with Gasteiger partial charge in [0.15, 0.2) is 0 Å². The van der Waals surface area contributed by atoms with Crippen LogP contribution in [0.1, 0.15) is 38.2 Å². The number of aryl methyl sites for hydroxylation is 1. The maximum absolute atomic E-state index is 13.2. The molecule has 10 heteroatoms. The summed E-state index contributed by atoms with van der Waals surface area (Å²) in [5.74, 6) is -0.500. The van der Waals surface area contributed by atoms with Gasteiger partial charge in [0.05, 0.1) is 16.9 Å². The second-order valence-corrected chi connectivity index (χ2v) is 10.2. The smallest absolute Gasteiger partial charge is 0.271 e. The van der Waals surface area contributed by atoms with Crippen LogP contribution < -0.4 is 14.5 Å². The Morgan fingerprint density at radius 3 is 2.33 bits per heavy atom. The van der Waals surface area contributed by atoms with Crippen LogP contribution in [-0.2, 0) is 14.8 Å². The van der Waals surface area contributed by atoms with Gasteiger partial charge in [0, 0.05) is 36.6 Å². The van der Waals surface area contributed by atoms with Gasteiger partial charge in [0.1, 0.15) is 6.04 Å². The highest BCUT2D eigenvalue weighted by atomic mass is 32.2. The molecule has 0 saturated carbocycles. The SMILES string of the molecule is CC[C@H](C(=O)Nc1ccc(N2CCCCC2)cc1)N(c1cc([N+](=O)[O-])ccc1C)S(C)(=O)=O. The fraction of sp³-hybridized carbons (Fsp3) is 0.435. The summed E-state index contributed by atoms with van der Waals surface area (Å²) in [5.41, 5.74) is 2.04. The summed E-state index contributed by atoms with van der Waals surface area (Å²) < 4.78 is 26.4. The number of amides is 1. The van der Waals surface area contributed by atoms with Crippen molar-refractivity contribution in [3.63, 3.8) is 0 Å². The van der Waals surface area contributed by atoms with Crippen molar-refractivity contribution in [2.45, 2.75) is 45.6 Å². The molecule has 1 amide bonds. The van der Waals surface area contributed by atoms with E-state index in [9.17, 15) is 23.3 Å². The number of nitrogens with one attached hydrogen (secondary N) is 1. The minimum Gasteiger partial charge on any atom is -0.372 e. The van der Waals surface area contributed by atoms with Gasteiger partial charge in [-0.15, -0.1) is 0 Å². The maximum atomic E-state index is 13.2. The quantitative estimate of drug-likeness (QED) is 0.456. The first-order valence-corrected chi connectivity index (χ1v) is 12.9. The van der Waals surface area contributed by atoms with E-state index in [2.05, 4.69) is 10.2 Å². The molecule has 2 aromatic rings. The maximum Gasteiger partial charge on any atom is 0.271 e. The van der Waals surface area contributed by atoms with E-state index in [1.54, 1.807) is 26.0 Å². The fourth-order valence-corrected chi connectivity index (χ4v) is 5.38. The van der Waals surface area contributed by atoms with Crippen LogP contribution in [0.5, 0.6) is 0 Å². The summed E-state index contributed by atoms with van der Waals surface area (Å²) in [5, 5.41) is 14.1. The zero-order chi connectivity index (χ0) is 24.2. The second kappa shape index (κ2) is 10.2. The van der Waals surface area contributed by atoms with Crippen molar-refractivity contribution < 1.29 is 18.1 Å². The van der Waals surface area contributed by atoms with E-state index in [0.29, 0.717) is 11.3 Å². The average molecular weight is 475 g/mol. The number of carbonyl (C=O) groups is 1. The van der Waals surface area contributed by atoms with Gasteiger partial charge >= 0.3 is 0 Å². The van der Waals surface area contributed by atoms with Crippen LogP contribution in [-0.4, -0.2) is 44.6 Å². The van der Waals surface area contributed by atoms with Gasteiger partial charge in [-0.2, -0.15) is 0 Å². The Balaban J connectivity index is 1.86. The van der Waals surface area contributed by atoms with Gasteiger partial charge < -0.3 is 10.2 Å². The lowest BCUT2D eigenvalue weighted by Crippen LogP contribution is -2.47. The number of carbonyl (C=O) groups excluding carboxylic acids is 1. The summed E-state index contributed by atoms with van der Waals surface area (Å²) in [6, 6.07) is 10.4. The molecule has 0 bridgehead atoms. The van der Waals surface area contributed by atoms with E-state index in [-0.39, 0.29) is 17.8 Å². The van der Waals surface area contributed by atoms with E-state index < -0.39 is 26.9 Å². The Morgan fingerprint density at radius 1 is 1.15 bits per heavy atom. The molecule has 1 aliphatic heterocycles. The molecule has 0 aliphatic carbocycles. The average Bonchev–Trinajstić information content (AvgIpc) is 2.78. The third-order valence-corrected chi connectivity index (χ3v) is 6.99. The molecule has 1 N–H and O–H groups in total. The number of anilines is 3. The van der Waals surface area contributed by atoms with E-state index in [0.717, 1.165) is 42.2 Å². The van der Waals surface area contributed by atoms with E-state index >= 15 is 0 Å². The normalized spacial score (nSPS) is 15.1. The second-order valence-electron chi connectivity index (χ2n) is 8.29. The minimum absolute atomic E-state index is 0.120. The fourth-order valence-electron chi connectivity index (χ4n) is 4.12. The number of piperidine rings is 1. The van der Waals surface area contributed by atoms with E-state index in [1.165, 1.54) is 24.6 Å². The molecule has 1 aliphatic rings. The zero-order valence-corrected chi connectivity index (χ0v) is 20.0. The molecule has 0 aromatic heterocycles. The van der Waals surface area contributed by atoms with Crippen molar-refractivity contribution in [2.75, 3.05) is 33.9 Å². The molecule has 3 rings (SSSR count). The number of sulfonamides is 1. The summed E-state index contributed by atoms with van der Waals surface area (Å²) in [4.78, 5) is 26.1. The first-order chi connectivity index (χ1) is 15.6. The molecule has 1 fully saturated rings. The van der Waals surface area contributed by atoms with Crippen molar-refractivity contribution in [1.29, 1.82) is 0 Å². The first kappa shape index (κ1) is 24.5. The highest BCUT2D eigenvalue weighted by Gasteiger charge is 2.33.